The Balaban J connectivity index is 0.000000232. The van der Waals surface area contributed by atoms with Crippen molar-refractivity contribution in [3.8, 4) is 23.0 Å². The first-order valence-electron chi connectivity index (χ1n) is 24.0. The molecular weight excluding hydrogens is 1240 g/mol. The number of rotatable bonds is 15. The largest absolute Gasteiger partial charge is 0.491 e. The Kier molecular flexibility index (Phi) is 19.0. The molecule has 0 saturated heterocycles. The van der Waals surface area contributed by atoms with E-state index < -0.39 is 155 Å². The number of hydrogen-bond acceptors (Lipinski definition) is 6. The van der Waals surface area contributed by atoms with Gasteiger partial charge in [-0.3, -0.25) is 4.79 Å². The number of halogens is 19. The number of ether oxygens (including phenoxy) is 4. The molecule has 0 atom stereocenters. The van der Waals surface area contributed by atoms with Crippen molar-refractivity contribution < 1.29 is 103 Å². The van der Waals surface area contributed by atoms with Crippen LogP contribution in [0.1, 0.15) is 15.9 Å². The van der Waals surface area contributed by atoms with Crippen molar-refractivity contribution in [2.75, 3.05) is 28.4 Å². The zero-order chi connectivity index (χ0) is 63.0. The summed E-state index contributed by atoms with van der Waals surface area (Å²) in [6.45, 7) is 0. The van der Waals surface area contributed by atoms with Gasteiger partial charge in [0.25, 0.3) is 0 Å². The van der Waals surface area contributed by atoms with Crippen molar-refractivity contribution in [2.24, 2.45) is 0 Å². The summed E-state index contributed by atoms with van der Waals surface area (Å²) >= 11 is 8.05. The van der Waals surface area contributed by atoms with E-state index in [-0.39, 0.29) is 17.4 Å². The molecule has 86 heavy (non-hydrogen) atoms. The first-order chi connectivity index (χ1) is 40.8. The maximum atomic E-state index is 16.1. The number of ketones is 1. The van der Waals surface area contributed by atoms with Crippen LogP contribution in [0.3, 0.4) is 0 Å². The van der Waals surface area contributed by atoms with E-state index >= 15 is 70.2 Å². The van der Waals surface area contributed by atoms with Gasteiger partial charge in [-0.1, -0.05) is 53.7 Å². The van der Waals surface area contributed by atoms with Gasteiger partial charge in [0.2, 0.25) is 46.5 Å². The SMILES string of the molecule is COc1c(F)c(F)c([B-](c2c(F)c(F)c(OC)c(F)c2F)(c2c(F)c(F)c(OC)c(F)c2F)c2c(F)c(F)c(OC)c(F)c2F)c(F)c1F.O=C(c1ccccc1)c1ccc(Sc2ccc([S+](c3ccc(F)cc3)c3ccc(F)cc3)cc2)c(Cl)c1. The molecule has 0 N–H and O–H groups in total. The molecule has 0 aromatic heterocycles. The fraction of sp³-hybridized carbons (Fsp3) is 0.0678. The van der Waals surface area contributed by atoms with E-state index in [1.807, 2.05) is 48.5 Å². The zero-order valence-corrected chi connectivity index (χ0v) is 46.1. The second-order valence-corrected chi connectivity index (χ2v) is 21.4. The smallest absolute Gasteiger partial charge is 0.200 e. The highest BCUT2D eigenvalue weighted by molar-refractivity contribution is 7.99. The number of hydrogen-bond donors (Lipinski definition) is 0. The van der Waals surface area contributed by atoms with Crippen molar-refractivity contribution in [1.82, 2.24) is 0 Å². The molecule has 5 nitrogen and oxygen atoms in total. The summed E-state index contributed by atoms with van der Waals surface area (Å²) in [4.78, 5) is 17.5. The lowest BCUT2D eigenvalue weighted by atomic mass is 9.12. The van der Waals surface area contributed by atoms with Crippen LogP contribution in [0, 0.1) is 105 Å². The minimum absolute atomic E-state index is 0.0722. The molecule has 0 unspecified atom stereocenters. The molecule has 0 radical (unpaired) electrons. The monoisotopic (exact) mass is 1270 g/mol. The van der Waals surface area contributed by atoms with Gasteiger partial charge in [0.05, 0.1) is 44.4 Å². The number of methoxy groups -OCH3 is 4. The van der Waals surface area contributed by atoms with Gasteiger partial charge in [-0.15, -0.1) is 21.9 Å². The Morgan fingerprint density at radius 3 is 0.942 bits per heavy atom. The van der Waals surface area contributed by atoms with Gasteiger partial charge in [0.1, 0.15) is 64.3 Å². The second kappa shape index (κ2) is 25.7. The third-order valence-corrected chi connectivity index (χ3v) is 16.9. The van der Waals surface area contributed by atoms with Crippen LogP contribution in [0.25, 0.3) is 0 Å². The van der Waals surface area contributed by atoms with Crippen LogP contribution >= 0.6 is 23.4 Å². The Morgan fingerprint density at radius 2 is 0.663 bits per heavy atom. The average Bonchev–Trinajstić information content (AvgIpc) is 0.711. The van der Waals surface area contributed by atoms with Crippen molar-refractivity contribution in [3.05, 3.63) is 242 Å². The molecule has 27 heteroatoms. The number of carbonyl (C=O) groups excluding carboxylic acids is 1. The average molecular weight is 1270 g/mol. The third-order valence-electron chi connectivity index (χ3n) is 13.2. The van der Waals surface area contributed by atoms with Crippen molar-refractivity contribution in [3.63, 3.8) is 0 Å². The Labute approximate surface area is 486 Å². The van der Waals surface area contributed by atoms with Crippen molar-refractivity contribution in [1.29, 1.82) is 0 Å². The summed E-state index contributed by atoms with van der Waals surface area (Å²) < 4.78 is 294. The first-order valence-corrected chi connectivity index (χ1v) is 26.5. The molecular formula is C59H32BClF18O5S2. The molecule has 0 bridgehead atoms. The van der Waals surface area contributed by atoms with Gasteiger partial charge in [0.15, 0.2) is 43.5 Å². The number of benzene rings is 9. The third kappa shape index (κ3) is 11.1. The van der Waals surface area contributed by atoms with Crippen LogP contribution in [0.15, 0.2) is 146 Å². The molecule has 9 aromatic carbocycles. The van der Waals surface area contributed by atoms with Crippen LogP contribution in [-0.2, 0) is 10.9 Å². The second-order valence-electron chi connectivity index (χ2n) is 17.8. The van der Waals surface area contributed by atoms with Crippen LogP contribution < -0.4 is 40.8 Å². The predicted molar refractivity (Wildman–Crippen MR) is 282 cm³/mol. The minimum atomic E-state index is -6.80. The van der Waals surface area contributed by atoms with Crippen molar-refractivity contribution in [2.45, 2.75) is 24.5 Å². The van der Waals surface area contributed by atoms with Crippen molar-refractivity contribution >= 4 is 68.0 Å². The summed E-state index contributed by atoms with van der Waals surface area (Å²) in [5.41, 5.74) is -11.4. The molecule has 446 valence electrons. The molecule has 0 heterocycles. The molecule has 0 spiro atoms. The summed E-state index contributed by atoms with van der Waals surface area (Å²) in [6, 6.07) is 35.4. The Bertz CT molecular complexity index is 3660. The van der Waals surface area contributed by atoms with Gasteiger partial charge in [-0.2, -0.15) is 35.1 Å². The lowest BCUT2D eigenvalue weighted by molar-refractivity contribution is 0.103. The molecule has 9 rings (SSSR count). The van der Waals surface area contributed by atoms with E-state index in [1.54, 1.807) is 48.5 Å². The van der Waals surface area contributed by atoms with E-state index in [0.717, 1.165) is 24.5 Å². The summed E-state index contributed by atoms with van der Waals surface area (Å²) in [5.74, 6) is -58.4. The highest BCUT2D eigenvalue weighted by Crippen LogP contribution is 2.39. The molecule has 0 aliphatic heterocycles. The highest BCUT2D eigenvalue weighted by Gasteiger charge is 2.52. The van der Waals surface area contributed by atoms with E-state index in [2.05, 4.69) is 18.9 Å². The van der Waals surface area contributed by atoms with Crippen LogP contribution in [0.2, 0.25) is 5.02 Å². The fourth-order valence-corrected chi connectivity index (χ4v) is 12.6. The van der Waals surface area contributed by atoms with Gasteiger partial charge >= 0.3 is 0 Å². The molecule has 0 fully saturated rings. The van der Waals surface area contributed by atoms with E-state index in [1.165, 1.54) is 36.0 Å². The van der Waals surface area contributed by atoms with Gasteiger partial charge in [-0.05, 0) is 91.0 Å². The molecule has 0 saturated carbocycles. The first kappa shape index (κ1) is 63.7. The zero-order valence-electron chi connectivity index (χ0n) is 43.7. The van der Waals surface area contributed by atoms with E-state index in [0.29, 0.717) is 44.6 Å². The van der Waals surface area contributed by atoms with E-state index in [9.17, 15) is 13.6 Å². The van der Waals surface area contributed by atoms with Crippen LogP contribution in [0.5, 0.6) is 23.0 Å². The lowest BCUT2D eigenvalue weighted by Gasteiger charge is -2.45. The molecule has 0 aliphatic carbocycles. The predicted octanol–water partition coefficient (Wildman–Crippen LogP) is 14.4. The quantitative estimate of drug-likeness (QED) is 0.0335. The maximum Gasteiger partial charge on any atom is 0.200 e. The highest BCUT2D eigenvalue weighted by atomic mass is 35.5. The Hall–Kier alpha value is -8.36. The van der Waals surface area contributed by atoms with E-state index in [4.69, 9.17) is 11.6 Å². The van der Waals surface area contributed by atoms with Gasteiger partial charge in [0, 0.05) is 20.9 Å². The standard InChI is InChI=1S/C31H20ClF2OS2.C28H12BF16O4/c32-29-20-22(31(35)21-4-2-1-3-5-21)6-19-30(29)36-25-11-17-28(18-12-25)37(26-13-7-23(33)8-14-26)27-15-9-24(34)10-16-27;1-46-25-17(38)9(30)5(10(31)18(25)39)29(6-11(32)19(40)26(47-2)20(41)12(6)33,7-13(34)21(42)27(48-3)22(43)14(7)35)8-15(36)23(44)28(49-4)24(45)16(8)37/h1-20H;1-4H3/q+1;-1. The molecule has 9 aromatic rings. The van der Waals surface area contributed by atoms with Gasteiger partial charge < -0.3 is 18.9 Å². The summed E-state index contributed by atoms with van der Waals surface area (Å²) in [6.07, 6.45) is -6.80. The molecule has 0 aliphatic rings. The minimum Gasteiger partial charge on any atom is -0.491 e. The molecule has 0 amide bonds. The maximum absolute atomic E-state index is 16.1. The van der Waals surface area contributed by atoms with Crippen LogP contribution in [0.4, 0.5) is 79.0 Å². The Morgan fingerprint density at radius 1 is 0.372 bits per heavy atom. The normalized spacial score (nSPS) is 11.4. The lowest BCUT2D eigenvalue weighted by Crippen LogP contribution is -2.81. The van der Waals surface area contributed by atoms with Crippen LogP contribution in [-0.4, -0.2) is 40.4 Å². The number of carbonyl (C=O) groups is 1. The van der Waals surface area contributed by atoms with Gasteiger partial charge in [-0.25, -0.2) is 43.9 Å². The topological polar surface area (TPSA) is 54.0 Å². The summed E-state index contributed by atoms with van der Waals surface area (Å²) in [5, 5.41) is 0.508. The fourth-order valence-electron chi connectivity index (χ4n) is 9.42. The summed E-state index contributed by atoms with van der Waals surface area (Å²) in [7, 11) is 0.783.